The van der Waals surface area contributed by atoms with Crippen LogP contribution in [0.4, 0.5) is 0 Å². The maximum Gasteiger partial charge on any atom is 0.254 e. The molecule has 1 atom stereocenters. The van der Waals surface area contributed by atoms with E-state index in [9.17, 15) is 14.4 Å². The number of carbonyl (C=O) groups is 3. The molecule has 0 radical (unpaired) electrons. The van der Waals surface area contributed by atoms with Crippen LogP contribution in [0.15, 0.2) is 24.3 Å². The lowest BCUT2D eigenvalue weighted by Crippen LogP contribution is -2.55. The van der Waals surface area contributed by atoms with Crippen LogP contribution >= 0.6 is 0 Å². The first-order chi connectivity index (χ1) is 13.0. The predicted octanol–water partition coefficient (Wildman–Crippen LogP) is 3.53. The highest BCUT2D eigenvalue weighted by molar-refractivity contribution is 6.07. The molecule has 5 heteroatoms. The molecule has 0 aromatic heterocycles. The maximum atomic E-state index is 13.2. The van der Waals surface area contributed by atoms with Crippen LogP contribution in [0, 0.1) is 5.41 Å². The molecular weight excluding hydrogens is 340 g/mol. The lowest BCUT2D eigenvalue weighted by molar-refractivity contribution is -0.139. The maximum absolute atomic E-state index is 13.2. The summed E-state index contributed by atoms with van der Waals surface area (Å²) in [6.45, 7) is 6.60. The van der Waals surface area contributed by atoms with Gasteiger partial charge in [-0.3, -0.25) is 14.4 Å². The second-order valence-electron chi connectivity index (χ2n) is 8.10. The van der Waals surface area contributed by atoms with Gasteiger partial charge < -0.3 is 9.80 Å². The van der Waals surface area contributed by atoms with Gasteiger partial charge >= 0.3 is 0 Å². The van der Waals surface area contributed by atoms with E-state index in [1.54, 1.807) is 18.2 Å². The molecule has 2 fully saturated rings. The Kier molecular flexibility index (Phi) is 5.98. The average Bonchev–Trinajstić information content (AvgIpc) is 2.68. The van der Waals surface area contributed by atoms with Gasteiger partial charge in [0.15, 0.2) is 5.78 Å². The first-order valence-corrected chi connectivity index (χ1v) is 10.1. The van der Waals surface area contributed by atoms with Crippen LogP contribution in [0.1, 0.15) is 73.1 Å². The first kappa shape index (κ1) is 19.6. The SMILES string of the molecule is CCCCN1C[C@@]2(CCCN(C(=O)c3ccccc3C(C)=O)C2)CCC1=O. The third-order valence-corrected chi connectivity index (χ3v) is 6.02. The fourth-order valence-corrected chi connectivity index (χ4v) is 4.52. The van der Waals surface area contributed by atoms with Crippen molar-refractivity contribution in [3.05, 3.63) is 35.4 Å². The Hall–Kier alpha value is -2.17. The molecule has 0 bridgehead atoms. The standard InChI is InChI=1S/C22H30N2O3/c1-3-4-13-23-15-22(12-10-20(23)26)11-7-14-24(16-22)21(27)19-9-6-5-8-18(19)17(2)25/h5-6,8-9H,3-4,7,10-16H2,1-2H3/t22-/m1/s1. The second kappa shape index (κ2) is 8.24. The van der Waals surface area contributed by atoms with Crippen molar-refractivity contribution in [3.8, 4) is 0 Å². The number of hydrogen-bond donors (Lipinski definition) is 0. The van der Waals surface area contributed by atoms with E-state index in [1.165, 1.54) is 6.92 Å². The number of amides is 2. The molecule has 0 saturated carbocycles. The number of carbonyl (C=O) groups excluding carboxylic acids is 3. The Bertz CT molecular complexity index is 730. The molecule has 2 aliphatic heterocycles. The molecule has 0 N–H and O–H groups in total. The molecule has 146 valence electrons. The van der Waals surface area contributed by atoms with Crippen molar-refractivity contribution in [3.63, 3.8) is 0 Å². The number of nitrogens with zero attached hydrogens (tertiary/aromatic N) is 2. The molecule has 0 unspecified atom stereocenters. The fourth-order valence-electron chi connectivity index (χ4n) is 4.52. The Balaban J connectivity index is 1.77. The van der Waals surface area contributed by atoms with Crippen molar-refractivity contribution in [2.45, 2.75) is 52.4 Å². The summed E-state index contributed by atoms with van der Waals surface area (Å²) in [6, 6.07) is 7.08. The number of rotatable bonds is 5. The van der Waals surface area contributed by atoms with E-state index in [1.807, 2.05) is 15.9 Å². The molecule has 2 heterocycles. The molecule has 0 aliphatic carbocycles. The highest BCUT2D eigenvalue weighted by Crippen LogP contribution is 2.39. The van der Waals surface area contributed by atoms with Crippen molar-refractivity contribution in [1.29, 1.82) is 0 Å². The molecule has 27 heavy (non-hydrogen) atoms. The van der Waals surface area contributed by atoms with Crippen LogP contribution in [0.2, 0.25) is 0 Å². The van der Waals surface area contributed by atoms with Crippen LogP contribution in [-0.2, 0) is 4.79 Å². The smallest absolute Gasteiger partial charge is 0.254 e. The van der Waals surface area contributed by atoms with Crippen LogP contribution in [0.5, 0.6) is 0 Å². The van der Waals surface area contributed by atoms with Gasteiger partial charge in [-0.25, -0.2) is 0 Å². The van der Waals surface area contributed by atoms with Gasteiger partial charge in [0.25, 0.3) is 5.91 Å². The molecular formula is C22H30N2O3. The molecule has 2 saturated heterocycles. The van der Waals surface area contributed by atoms with Gasteiger partial charge in [0, 0.05) is 43.6 Å². The molecule has 1 spiro atoms. The fraction of sp³-hybridized carbons (Fsp3) is 0.591. The zero-order valence-corrected chi connectivity index (χ0v) is 16.5. The largest absolute Gasteiger partial charge is 0.342 e. The third-order valence-electron chi connectivity index (χ3n) is 6.02. The molecule has 3 rings (SSSR count). The summed E-state index contributed by atoms with van der Waals surface area (Å²) in [4.78, 5) is 41.3. The minimum atomic E-state index is -0.0836. The molecule has 1 aromatic carbocycles. The van der Waals surface area contributed by atoms with Crippen LogP contribution in [0.3, 0.4) is 0 Å². The van der Waals surface area contributed by atoms with Gasteiger partial charge in [-0.05, 0) is 38.7 Å². The van der Waals surface area contributed by atoms with E-state index < -0.39 is 0 Å². The Morgan fingerprint density at radius 2 is 1.85 bits per heavy atom. The molecule has 2 aliphatic rings. The van der Waals surface area contributed by atoms with E-state index in [-0.39, 0.29) is 23.0 Å². The van der Waals surface area contributed by atoms with E-state index in [0.29, 0.717) is 24.1 Å². The van der Waals surface area contributed by atoms with Crippen molar-refractivity contribution in [1.82, 2.24) is 9.80 Å². The number of ketones is 1. The molecule has 2 amide bonds. The lowest BCUT2D eigenvalue weighted by Gasteiger charge is -2.48. The van der Waals surface area contributed by atoms with Crippen LogP contribution in [0.25, 0.3) is 0 Å². The Labute approximate surface area is 161 Å². The third kappa shape index (κ3) is 4.23. The van der Waals surface area contributed by atoms with E-state index in [4.69, 9.17) is 0 Å². The van der Waals surface area contributed by atoms with E-state index in [2.05, 4.69) is 6.92 Å². The quantitative estimate of drug-likeness (QED) is 0.745. The highest BCUT2D eigenvalue weighted by atomic mass is 16.2. The van der Waals surface area contributed by atoms with Gasteiger partial charge in [-0.1, -0.05) is 31.5 Å². The lowest BCUT2D eigenvalue weighted by atomic mass is 9.73. The molecule has 5 nitrogen and oxygen atoms in total. The minimum Gasteiger partial charge on any atom is -0.342 e. The van der Waals surface area contributed by atoms with Gasteiger partial charge in [0.2, 0.25) is 5.91 Å². The predicted molar refractivity (Wildman–Crippen MR) is 105 cm³/mol. The Morgan fingerprint density at radius 1 is 1.11 bits per heavy atom. The van der Waals surface area contributed by atoms with E-state index in [0.717, 1.165) is 51.7 Å². The van der Waals surface area contributed by atoms with Crippen molar-refractivity contribution < 1.29 is 14.4 Å². The Morgan fingerprint density at radius 3 is 2.56 bits per heavy atom. The number of piperidine rings is 2. The summed E-state index contributed by atoms with van der Waals surface area (Å²) >= 11 is 0. The number of unbranched alkanes of at least 4 members (excludes halogenated alkanes) is 1. The number of Topliss-reactive ketones (excluding diaryl/α,β-unsaturated/α-hetero) is 1. The van der Waals surface area contributed by atoms with Gasteiger partial charge in [-0.15, -0.1) is 0 Å². The van der Waals surface area contributed by atoms with Crippen molar-refractivity contribution in [2.24, 2.45) is 5.41 Å². The van der Waals surface area contributed by atoms with Crippen molar-refractivity contribution >= 4 is 17.6 Å². The average molecular weight is 370 g/mol. The summed E-state index contributed by atoms with van der Waals surface area (Å²) in [5.41, 5.74) is 0.989. The second-order valence-corrected chi connectivity index (χ2v) is 8.10. The summed E-state index contributed by atoms with van der Waals surface area (Å²) in [7, 11) is 0. The summed E-state index contributed by atoms with van der Waals surface area (Å²) in [6.07, 6.45) is 5.53. The normalized spacial score (nSPS) is 23.0. The monoisotopic (exact) mass is 370 g/mol. The van der Waals surface area contributed by atoms with Gasteiger partial charge in [0.05, 0.1) is 5.56 Å². The van der Waals surface area contributed by atoms with Gasteiger partial charge in [0.1, 0.15) is 0 Å². The zero-order valence-electron chi connectivity index (χ0n) is 16.5. The summed E-state index contributed by atoms with van der Waals surface area (Å²) in [5, 5.41) is 0. The highest BCUT2D eigenvalue weighted by Gasteiger charge is 2.42. The topological polar surface area (TPSA) is 57.7 Å². The summed E-state index contributed by atoms with van der Waals surface area (Å²) in [5.74, 6) is 0.107. The number of benzene rings is 1. The van der Waals surface area contributed by atoms with Crippen LogP contribution in [-0.4, -0.2) is 53.6 Å². The number of likely N-dealkylation sites (tertiary alicyclic amines) is 2. The van der Waals surface area contributed by atoms with Gasteiger partial charge in [-0.2, -0.15) is 0 Å². The number of hydrogen-bond acceptors (Lipinski definition) is 3. The van der Waals surface area contributed by atoms with Crippen molar-refractivity contribution in [2.75, 3.05) is 26.2 Å². The zero-order chi connectivity index (χ0) is 19.4. The van der Waals surface area contributed by atoms with Crippen LogP contribution < -0.4 is 0 Å². The van der Waals surface area contributed by atoms with E-state index >= 15 is 0 Å². The molecule has 1 aromatic rings. The first-order valence-electron chi connectivity index (χ1n) is 10.1. The summed E-state index contributed by atoms with van der Waals surface area (Å²) < 4.78 is 0. The minimum absolute atomic E-state index is 0.000723.